The largest absolute Gasteiger partial charge is 0.438 e. The molecule has 6 nitrogen and oxygen atoms in total. The normalized spacial score (nSPS) is 10.6. The van der Waals surface area contributed by atoms with Crippen molar-refractivity contribution >= 4 is 28.3 Å². The summed E-state index contributed by atoms with van der Waals surface area (Å²) in [5, 5.41) is 8.88. The molecule has 0 bridgehead atoms. The topological polar surface area (TPSA) is 49.2 Å². The van der Waals surface area contributed by atoms with Gasteiger partial charge >= 0.3 is 0 Å². The van der Waals surface area contributed by atoms with Crippen LogP contribution in [-0.4, -0.2) is 19.6 Å². The van der Waals surface area contributed by atoms with Crippen LogP contribution < -0.4 is 4.74 Å². The molecule has 0 aliphatic carbocycles. The Balaban J connectivity index is 1.74. The molecule has 0 amide bonds. The second-order valence-corrected chi connectivity index (χ2v) is 7.07. The Morgan fingerprint density at radius 1 is 1.11 bits per heavy atom. The van der Waals surface area contributed by atoms with E-state index in [2.05, 4.69) is 37.6 Å². The van der Waals surface area contributed by atoms with Gasteiger partial charge in [0.25, 0.3) is 0 Å². The van der Waals surface area contributed by atoms with E-state index >= 15 is 0 Å². The minimum atomic E-state index is 0.501. The standard InChI is InChI=1S/C20H14IN5O/c1-22-16-8-9-18(26-13-15(21)12-23-26)19(10-16)27-20-11-17(24-25(20)2)14-6-4-3-5-7-14/h3-13H,2H3. The lowest BCUT2D eigenvalue weighted by atomic mass is 10.2. The number of halogens is 1. The van der Waals surface area contributed by atoms with Crippen LogP contribution >= 0.6 is 22.6 Å². The van der Waals surface area contributed by atoms with E-state index in [-0.39, 0.29) is 0 Å². The molecule has 7 heteroatoms. The second kappa shape index (κ2) is 7.25. The van der Waals surface area contributed by atoms with E-state index in [1.54, 1.807) is 27.7 Å². The van der Waals surface area contributed by atoms with Crippen molar-refractivity contribution in [1.29, 1.82) is 0 Å². The molecule has 4 rings (SSSR count). The van der Waals surface area contributed by atoms with Crippen LogP contribution in [-0.2, 0) is 7.05 Å². The van der Waals surface area contributed by atoms with Gasteiger partial charge in [-0.25, -0.2) is 14.2 Å². The lowest BCUT2D eigenvalue weighted by Crippen LogP contribution is -2.00. The number of rotatable bonds is 4. The number of aryl methyl sites for hydroxylation is 1. The van der Waals surface area contributed by atoms with E-state index in [0.717, 1.165) is 20.5 Å². The van der Waals surface area contributed by atoms with E-state index in [1.807, 2.05) is 55.7 Å². The predicted molar refractivity (Wildman–Crippen MR) is 111 cm³/mol. The Morgan fingerprint density at radius 2 is 1.93 bits per heavy atom. The van der Waals surface area contributed by atoms with Crippen molar-refractivity contribution in [2.24, 2.45) is 7.05 Å². The van der Waals surface area contributed by atoms with Gasteiger partial charge in [0, 0.05) is 24.9 Å². The Labute approximate surface area is 170 Å². The summed E-state index contributed by atoms with van der Waals surface area (Å²) in [4.78, 5) is 3.50. The van der Waals surface area contributed by atoms with Gasteiger partial charge in [-0.05, 0) is 34.7 Å². The number of ether oxygens (including phenoxy) is 1. The molecule has 2 heterocycles. The molecule has 27 heavy (non-hydrogen) atoms. The summed E-state index contributed by atoms with van der Waals surface area (Å²) >= 11 is 2.21. The Bertz CT molecular complexity index is 1140. The molecule has 2 aromatic carbocycles. The summed E-state index contributed by atoms with van der Waals surface area (Å²) in [7, 11) is 1.83. The molecule has 2 aromatic heterocycles. The molecular weight excluding hydrogens is 453 g/mol. The fourth-order valence-electron chi connectivity index (χ4n) is 2.68. The third kappa shape index (κ3) is 3.57. The summed E-state index contributed by atoms with van der Waals surface area (Å²) in [6, 6.07) is 17.1. The third-order valence-electron chi connectivity index (χ3n) is 3.99. The second-order valence-electron chi connectivity index (χ2n) is 5.83. The molecule has 0 fully saturated rings. The molecule has 0 aliphatic heterocycles. The van der Waals surface area contributed by atoms with E-state index in [4.69, 9.17) is 11.3 Å². The summed E-state index contributed by atoms with van der Waals surface area (Å²) in [5.41, 5.74) is 3.10. The quantitative estimate of drug-likeness (QED) is 0.306. The SMILES string of the molecule is [C-]#[N+]c1ccc(-n2cc(I)cn2)c(Oc2cc(-c3ccccc3)nn2C)c1. The van der Waals surface area contributed by atoms with Gasteiger partial charge in [0.2, 0.25) is 5.88 Å². The maximum atomic E-state index is 7.29. The lowest BCUT2D eigenvalue weighted by molar-refractivity contribution is 0.428. The molecule has 4 aromatic rings. The molecular formula is C20H14IN5O. The fraction of sp³-hybridized carbons (Fsp3) is 0.0500. The van der Waals surface area contributed by atoms with E-state index in [0.29, 0.717) is 17.3 Å². The predicted octanol–water partition coefficient (Wildman–Crippen LogP) is 5.22. The van der Waals surface area contributed by atoms with Crippen LogP contribution in [0.25, 0.3) is 21.8 Å². The fourth-order valence-corrected chi connectivity index (χ4v) is 3.07. The van der Waals surface area contributed by atoms with Gasteiger partial charge in [-0.2, -0.15) is 10.2 Å². The average molecular weight is 467 g/mol. The van der Waals surface area contributed by atoms with E-state index in [1.165, 1.54) is 0 Å². The summed E-state index contributed by atoms with van der Waals surface area (Å²) in [6.45, 7) is 7.29. The summed E-state index contributed by atoms with van der Waals surface area (Å²) < 4.78 is 10.6. The molecule has 0 radical (unpaired) electrons. The highest BCUT2D eigenvalue weighted by molar-refractivity contribution is 14.1. The number of aromatic nitrogens is 4. The van der Waals surface area contributed by atoms with Gasteiger partial charge in [-0.3, -0.25) is 0 Å². The Morgan fingerprint density at radius 3 is 2.63 bits per heavy atom. The van der Waals surface area contributed by atoms with Crippen LogP contribution in [0.3, 0.4) is 0 Å². The number of benzene rings is 2. The highest BCUT2D eigenvalue weighted by Crippen LogP contribution is 2.33. The maximum absolute atomic E-state index is 7.29. The van der Waals surface area contributed by atoms with Crippen LogP contribution in [0.5, 0.6) is 11.6 Å². The van der Waals surface area contributed by atoms with E-state index < -0.39 is 0 Å². The number of hydrogen-bond donors (Lipinski definition) is 0. The monoisotopic (exact) mass is 467 g/mol. The van der Waals surface area contributed by atoms with Gasteiger partial charge in [-0.1, -0.05) is 36.4 Å². The molecule has 0 spiro atoms. The molecule has 0 atom stereocenters. The van der Waals surface area contributed by atoms with Crippen molar-refractivity contribution in [3.63, 3.8) is 0 Å². The minimum Gasteiger partial charge on any atom is -0.438 e. The van der Waals surface area contributed by atoms with Crippen molar-refractivity contribution < 1.29 is 4.74 Å². The lowest BCUT2D eigenvalue weighted by Gasteiger charge is -2.11. The first kappa shape index (κ1) is 17.3. The zero-order chi connectivity index (χ0) is 18.8. The average Bonchev–Trinajstić information content (AvgIpc) is 3.28. The zero-order valence-electron chi connectivity index (χ0n) is 14.4. The maximum Gasteiger partial charge on any atom is 0.218 e. The summed E-state index contributed by atoms with van der Waals surface area (Å²) in [6.07, 6.45) is 3.67. The van der Waals surface area contributed by atoms with Crippen LogP contribution in [0.15, 0.2) is 67.0 Å². The van der Waals surface area contributed by atoms with Crippen LogP contribution in [0.2, 0.25) is 0 Å². The minimum absolute atomic E-state index is 0.501. The van der Waals surface area contributed by atoms with Crippen molar-refractivity contribution in [2.75, 3.05) is 0 Å². The zero-order valence-corrected chi connectivity index (χ0v) is 16.5. The smallest absolute Gasteiger partial charge is 0.218 e. The van der Waals surface area contributed by atoms with Crippen LogP contribution in [0, 0.1) is 10.1 Å². The van der Waals surface area contributed by atoms with Gasteiger partial charge in [0.1, 0.15) is 11.4 Å². The van der Waals surface area contributed by atoms with Crippen LogP contribution in [0.4, 0.5) is 5.69 Å². The first-order valence-corrected chi connectivity index (χ1v) is 9.21. The Kier molecular flexibility index (Phi) is 4.64. The Hall–Kier alpha value is -3.12. The first-order valence-electron chi connectivity index (χ1n) is 8.13. The summed E-state index contributed by atoms with van der Waals surface area (Å²) in [5.74, 6) is 1.13. The van der Waals surface area contributed by atoms with Gasteiger partial charge in [0.05, 0.1) is 22.0 Å². The molecule has 132 valence electrons. The third-order valence-corrected chi connectivity index (χ3v) is 4.55. The van der Waals surface area contributed by atoms with Crippen LogP contribution in [0.1, 0.15) is 0 Å². The molecule has 0 aliphatic rings. The van der Waals surface area contributed by atoms with Gasteiger partial charge in [0.15, 0.2) is 5.69 Å². The highest BCUT2D eigenvalue weighted by Gasteiger charge is 2.14. The van der Waals surface area contributed by atoms with Gasteiger partial charge < -0.3 is 4.74 Å². The first-order chi connectivity index (χ1) is 13.1. The molecule has 0 saturated carbocycles. The van der Waals surface area contributed by atoms with Crippen molar-refractivity contribution in [3.8, 4) is 28.6 Å². The van der Waals surface area contributed by atoms with Crippen molar-refractivity contribution in [2.45, 2.75) is 0 Å². The molecule has 0 unspecified atom stereocenters. The molecule has 0 saturated heterocycles. The van der Waals surface area contributed by atoms with Crippen molar-refractivity contribution in [3.05, 3.63) is 82.0 Å². The molecule has 0 N–H and O–H groups in total. The highest BCUT2D eigenvalue weighted by atomic mass is 127. The van der Waals surface area contributed by atoms with Gasteiger partial charge in [-0.15, -0.1) is 0 Å². The number of hydrogen-bond acceptors (Lipinski definition) is 3. The van der Waals surface area contributed by atoms with E-state index in [9.17, 15) is 0 Å². The van der Waals surface area contributed by atoms with Crippen molar-refractivity contribution in [1.82, 2.24) is 19.6 Å². The number of nitrogens with zero attached hydrogens (tertiary/aromatic N) is 5.